The molecule has 1 fully saturated rings. The van der Waals surface area contributed by atoms with Gasteiger partial charge in [-0.05, 0) is 31.0 Å². The number of carbonyl (C=O) groups excluding carboxylic acids is 1. The standard InChI is InChI=1S/C15H18ClNO4/c16-12-4-1-5-13(9-12)21-8-6-14(18)17-7-2-3-11(10-17)15(19)20/h1,4-5,9,11H,2-3,6-8,10H2,(H,19,20)/t11-/m0/s1. The first-order valence-electron chi connectivity index (χ1n) is 6.95. The van der Waals surface area contributed by atoms with Gasteiger partial charge in [0.2, 0.25) is 5.91 Å². The molecule has 1 aliphatic rings. The zero-order valence-corrected chi connectivity index (χ0v) is 12.4. The molecule has 0 spiro atoms. The lowest BCUT2D eigenvalue weighted by Gasteiger charge is -2.30. The first kappa shape index (κ1) is 15.6. The Labute approximate surface area is 128 Å². The normalized spacial score (nSPS) is 18.3. The zero-order chi connectivity index (χ0) is 15.2. The lowest BCUT2D eigenvalue weighted by molar-refractivity contribution is -0.145. The average Bonchev–Trinajstić information content (AvgIpc) is 2.47. The molecule has 1 aliphatic heterocycles. The number of amides is 1. The van der Waals surface area contributed by atoms with Crippen LogP contribution in [-0.4, -0.2) is 41.6 Å². The first-order valence-corrected chi connectivity index (χ1v) is 7.33. The number of carboxylic acid groups (broad SMARTS) is 1. The van der Waals surface area contributed by atoms with Gasteiger partial charge in [-0.25, -0.2) is 0 Å². The molecule has 1 aromatic rings. The first-order chi connectivity index (χ1) is 10.1. The molecule has 1 saturated heterocycles. The number of aliphatic carboxylic acids is 1. The van der Waals surface area contributed by atoms with E-state index in [1.54, 1.807) is 29.2 Å². The highest BCUT2D eigenvalue weighted by Gasteiger charge is 2.27. The zero-order valence-electron chi connectivity index (χ0n) is 11.6. The van der Waals surface area contributed by atoms with Gasteiger partial charge in [-0.15, -0.1) is 0 Å². The van der Waals surface area contributed by atoms with Crippen molar-refractivity contribution in [2.45, 2.75) is 19.3 Å². The SMILES string of the molecule is O=C(O)[C@H]1CCCN(C(=O)CCOc2cccc(Cl)c2)C1. The molecule has 0 aliphatic carbocycles. The molecule has 2 rings (SSSR count). The van der Waals surface area contributed by atoms with Crippen LogP contribution in [0.3, 0.4) is 0 Å². The molecule has 1 N–H and O–H groups in total. The van der Waals surface area contributed by atoms with Crippen molar-refractivity contribution in [2.24, 2.45) is 5.92 Å². The van der Waals surface area contributed by atoms with Crippen molar-refractivity contribution < 1.29 is 19.4 Å². The molecule has 114 valence electrons. The molecule has 0 bridgehead atoms. The summed E-state index contributed by atoms with van der Waals surface area (Å²) in [6, 6.07) is 6.99. The predicted molar refractivity (Wildman–Crippen MR) is 78.5 cm³/mol. The molecule has 0 aromatic heterocycles. The van der Waals surface area contributed by atoms with Crippen LogP contribution >= 0.6 is 11.6 Å². The number of hydrogen-bond donors (Lipinski definition) is 1. The molecule has 21 heavy (non-hydrogen) atoms. The molecule has 5 nitrogen and oxygen atoms in total. The Morgan fingerprint density at radius 3 is 2.95 bits per heavy atom. The molecule has 1 amide bonds. The number of nitrogens with zero attached hydrogens (tertiary/aromatic N) is 1. The quantitative estimate of drug-likeness (QED) is 0.907. The van der Waals surface area contributed by atoms with Gasteiger partial charge in [0, 0.05) is 18.1 Å². The fourth-order valence-corrected chi connectivity index (χ4v) is 2.56. The third-order valence-corrected chi connectivity index (χ3v) is 3.74. The summed E-state index contributed by atoms with van der Waals surface area (Å²) in [5, 5.41) is 9.60. The number of carboxylic acids is 1. The number of rotatable bonds is 5. The predicted octanol–water partition coefficient (Wildman–Crippen LogP) is 2.43. The second kappa shape index (κ2) is 7.31. The van der Waals surface area contributed by atoms with E-state index in [0.717, 1.165) is 6.42 Å². The summed E-state index contributed by atoms with van der Waals surface area (Å²) in [6.45, 7) is 1.18. The maximum Gasteiger partial charge on any atom is 0.308 e. The lowest BCUT2D eigenvalue weighted by Crippen LogP contribution is -2.42. The van der Waals surface area contributed by atoms with Crippen LogP contribution in [0.15, 0.2) is 24.3 Å². The van der Waals surface area contributed by atoms with Gasteiger partial charge in [-0.2, -0.15) is 0 Å². The van der Waals surface area contributed by atoms with Crippen molar-refractivity contribution >= 4 is 23.5 Å². The number of likely N-dealkylation sites (tertiary alicyclic amines) is 1. The monoisotopic (exact) mass is 311 g/mol. The van der Waals surface area contributed by atoms with Crippen molar-refractivity contribution in [3.8, 4) is 5.75 Å². The Hall–Kier alpha value is -1.75. The van der Waals surface area contributed by atoms with E-state index in [2.05, 4.69) is 0 Å². The number of benzene rings is 1. The molecule has 0 saturated carbocycles. The van der Waals surface area contributed by atoms with Crippen molar-refractivity contribution in [1.29, 1.82) is 0 Å². The van der Waals surface area contributed by atoms with E-state index in [-0.39, 0.29) is 18.9 Å². The van der Waals surface area contributed by atoms with Crippen molar-refractivity contribution in [2.75, 3.05) is 19.7 Å². The number of hydrogen-bond acceptors (Lipinski definition) is 3. The van der Waals surface area contributed by atoms with Crippen LogP contribution in [0.4, 0.5) is 0 Å². The number of carbonyl (C=O) groups is 2. The Bertz CT molecular complexity index is 520. The number of piperidine rings is 1. The Kier molecular flexibility index (Phi) is 5.44. The topological polar surface area (TPSA) is 66.8 Å². The molecular formula is C15H18ClNO4. The van der Waals surface area contributed by atoms with Crippen LogP contribution in [0.1, 0.15) is 19.3 Å². The second-order valence-corrected chi connectivity index (χ2v) is 5.51. The molecule has 1 heterocycles. The van der Waals surface area contributed by atoms with Gasteiger partial charge < -0.3 is 14.7 Å². The van der Waals surface area contributed by atoms with E-state index in [4.69, 9.17) is 21.4 Å². The molecule has 6 heteroatoms. The van der Waals surface area contributed by atoms with Crippen LogP contribution < -0.4 is 4.74 Å². The second-order valence-electron chi connectivity index (χ2n) is 5.07. The molecular weight excluding hydrogens is 294 g/mol. The van der Waals surface area contributed by atoms with Gasteiger partial charge in [-0.3, -0.25) is 9.59 Å². The van der Waals surface area contributed by atoms with Crippen LogP contribution in [0.25, 0.3) is 0 Å². The average molecular weight is 312 g/mol. The molecule has 1 atom stereocenters. The highest BCUT2D eigenvalue weighted by atomic mass is 35.5. The number of ether oxygens (including phenoxy) is 1. The molecule has 1 aromatic carbocycles. The Morgan fingerprint density at radius 1 is 1.43 bits per heavy atom. The maximum absolute atomic E-state index is 12.1. The fourth-order valence-electron chi connectivity index (χ4n) is 2.38. The van der Waals surface area contributed by atoms with Crippen molar-refractivity contribution in [3.05, 3.63) is 29.3 Å². The van der Waals surface area contributed by atoms with E-state index in [0.29, 0.717) is 30.3 Å². The Morgan fingerprint density at radius 2 is 2.24 bits per heavy atom. The third-order valence-electron chi connectivity index (χ3n) is 3.50. The van der Waals surface area contributed by atoms with E-state index < -0.39 is 11.9 Å². The Balaban J connectivity index is 1.78. The largest absolute Gasteiger partial charge is 0.493 e. The highest BCUT2D eigenvalue weighted by molar-refractivity contribution is 6.30. The van der Waals surface area contributed by atoms with Crippen LogP contribution in [0.5, 0.6) is 5.75 Å². The molecule has 0 radical (unpaired) electrons. The summed E-state index contributed by atoms with van der Waals surface area (Å²) in [4.78, 5) is 24.6. The number of halogens is 1. The summed E-state index contributed by atoms with van der Waals surface area (Å²) in [5.41, 5.74) is 0. The van der Waals surface area contributed by atoms with Gasteiger partial charge in [0.25, 0.3) is 0 Å². The van der Waals surface area contributed by atoms with E-state index in [1.807, 2.05) is 0 Å². The minimum atomic E-state index is -0.831. The summed E-state index contributed by atoms with van der Waals surface area (Å²) in [5.74, 6) is -0.723. The minimum Gasteiger partial charge on any atom is -0.493 e. The summed E-state index contributed by atoms with van der Waals surface area (Å²) in [7, 11) is 0. The summed E-state index contributed by atoms with van der Waals surface area (Å²) in [6.07, 6.45) is 1.61. The van der Waals surface area contributed by atoms with Gasteiger partial charge in [0.1, 0.15) is 5.75 Å². The van der Waals surface area contributed by atoms with Crippen molar-refractivity contribution in [1.82, 2.24) is 4.90 Å². The summed E-state index contributed by atoms with van der Waals surface area (Å²) < 4.78 is 5.47. The highest BCUT2D eigenvalue weighted by Crippen LogP contribution is 2.19. The van der Waals surface area contributed by atoms with Crippen LogP contribution in [0.2, 0.25) is 5.02 Å². The van der Waals surface area contributed by atoms with Crippen molar-refractivity contribution in [3.63, 3.8) is 0 Å². The van der Waals surface area contributed by atoms with Gasteiger partial charge in [-0.1, -0.05) is 17.7 Å². The van der Waals surface area contributed by atoms with Crippen LogP contribution in [-0.2, 0) is 9.59 Å². The van der Waals surface area contributed by atoms with E-state index >= 15 is 0 Å². The van der Waals surface area contributed by atoms with Gasteiger partial charge >= 0.3 is 5.97 Å². The minimum absolute atomic E-state index is 0.0667. The lowest BCUT2D eigenvalue weighted by atomic mass is 9.98. The van der Waals surface area contributed by atoms with Gasteiger partial charge in [0.05, 0.1) is 18.9 Å². The van der Waals surface area contributed by atoms with E-state index in [9.17, 15) is 9.59 Å². The maximum atomic E-state index is 12.1. The molecule has 0 unspecified atom stereocenters. The smallest absolute Gasteiger partial charge is 0.308 e. The van der Waals surface area contributed by atoms with Gasteiger partial charge in [0.15, 0.2) is 0 Å². The van der Waals surface area contributed by atoms with E-state index in [1.165, 1.54) is 0 Å². The fraction of sp³-hybridized carbons (Fsp3) is 0.467. The summed E-state index contributed by atoms with van der Waals surface area (Å²) >= 11 is 5.84. The third kappa shape index (κ3) is 4.63. The van der Waals surface area contributed by atoms with Crippen LogP contribution in [0, 0.1) is 5.92 Å².